The van der Waals surface area contributed by atoms with Gasteiger partial charge in [0.2, 0.25) is 0 Å². The molecule has 1 heterocycles. The number of cyclic esters (lactones) is 2. The first-order chi connectivity index (χ1) is 10.8. The molecule has 1 saturated heterocycles. The number of carbonyl (C=O) groups is 3. The van der Waals surface area contributed by atoms with Gasteiger partial charge >= 0.3 is 18.0 Å². The van der Waals surface area contributed by atoms with Crippen LogP contribution in [0.3, 0.4) is 0 Å². The molecule has 0 radical (unpaired) electrons. The van der Waals surface area contributed by atoms with Crippen molar-refractivity contribution in [2.45, 2.75) is 19.6 Å². The fourth-order valence-corrected chi connectivity index (χ4v) is 1.75. The Labute approximate surface area is 132 Å². The maximum absolute atomic E-state index is 11.8. The van der Waals surface area contributed by atoms with Crippen LogP contribution < -0.4 is 10.6 Å². The summed E-state index contributed by atoms with van der Waals surface area (Å²) in [4.78, 5) is 34.6. The largest absolute Gasteiger partial charge is 0.453 e. The van der Waals surface area contributed by atoms with Gasteiger partial charge in [0.25, 0.3) is 5.79 Å². The maximum atomic E-state index is 11.8. The molecule has 2 N–H and O–H groups in total. The number of nitrogens with one attached hydrogen (secondary N) is 2. The molecule has 1 amide bonds. The Morgan fingerprint density at radius 2 is 1.61 bits per heavy atom. The van der Waals surface area contributed by atoms with E-state index in [2.05, 4.69) is 15.4 Å². The molecule has 122 valence electrons. The van der Waals surface area contributed by atoms with Gasteiger partial charge in [-0.05, 0) is 24.3 Å². The molecule has 8 nitrogen and oxygen atoms in total. The number of carbonyl (C=O) groups excluding carboxylic acids is 3. The lowest BCUT2D eigenvalue weighted by molar-refractivity contribution is -0.222. The van der Waals surface area contributed by atoms with E-state index in [4.69, 9.17) is 9.47 Å². The van der Waals surface area contributed by atoms with Crippen LogP contribution >= 0.6 is 0 Å². The van der Waals surface area contributed by atoms with Crippen molar-refractivity contribution in [3.8, 4) is 0 Å². The third-order valence-electron chi connectivity index (χ3n) is 2.82. The van der Waals surface area contributed by atoms with Gasteiger partial charge in [-0.15, -0.1) is 0 Å². The van der Waals surface area contributed by atoms with Crippen LogP contribution in [0.4, 0.5) is 16.2 Å². The van der Waals surface area contributed by atoms with Crippen LogP contribution in [0.5, 0.6) is 0 Å². The van der Waals surface area contributed by atoms with Crippen LogP contribution in [0.2, 0.25) is 0 Å². The predicted octanol–water partition coefficient (Wildman–Crippen LogP) is 2.00. The monoisotopic (exact) mass is 320 g/mol. The number of hydrogen-bond donors (Lipinski definition) is 2. The van der Waals surface area contributed by atoms with E-state index >= 15 is 0 Å². The van der Waals surface area contributed by atoms with Crippen molar-refractivity contribution in [2.75, 3.05) is 17.7 Å². The van der Waals surface area contributed by atoms with Gasteiger partial charge in [-0.2, -0.15) is 0 Å². The standard InChI is InChI=1S/C15H16N2O6/c1-15(2)22-12(18)11(13(19)23-15)8-16-9-4-6-10(7-5-9)17-14(20)21-3/h4-8,16H,1-3H3,(H,17,20). The molecule has 1 aromatic rings. The molecule has 0 spiro atoms. The first kappa shape index (κ1) is 16.3. The fourth-order valence-electron chi connectivity index (χ4n) is 1.75. The van der Waals surface area contributed by atoms with Crippen LogP contribution in [0.15, 0.2) is 36.0 Å². The Kier molecular flexibility index (Phi) is 4.54. The fraction of sp³-hybridized carbons (Fsp3) is 0.267. The molecule has 0 saturated carbocycles. The normalized spacial score (nSPS) is 16.0. The van der Waals surface area contributed by atoms with E-state index in [1.807, 2.05) is 0 Å². The topological polar surface area (TPSA) is 103 Å². The highest BCUT2D eigenvalue weighted by atomic mass is 16.7. The SMILES string of the molecule is COC(=O)Nc1ccc(NC=C2C(=O)OC(C)(C)OC2=O)cc1. The summed E-state index contributed by atoms with van der Waals surface area (Å²) in [7, 11) is 1.26. The molecule has 2 rings (SSSR count). The number of anilines is 2. The zero-order valence-corrected chi connectivity index (χ0v) is 12.8. The molecule has 1 fully saturated rings. The Balaban J connectivity index is 2.04. The van der Waals surface area contributed by atoms with Gasteiger partial charge in [-0.1, -0.05) is 0 Å². The zero-order valence-electron chi connectivity index (χ0n) is 12.8. The molecule has 1 aromatic carbocycles. The van der Waals surface area contributed by atoms with E-state index in [9.17, 15) is 14.4 Å². The van der Waals surface area contributed by atoms with Crippen molar-refractivity contribution < 1.29 is 28.6 Å². The Hall–Kier alpha value is -3.03. The molecule has 0 atom stereocenters. The molecule has 1 aliphatic heterocycles. The van der Waals surface area contributed by atoms with Crippen LogP contribution in [0.25, 0.3) is 0 Å². The van der Waals surface area contributed by atoms with Crippen molar-refractivity contribution in [3.05, 3.63) is 36.0 Å². The van der Waals surface area contributed by atoms with Crippen molar-refractivity contribution in [1.82, 2.24) is 0 Å². The molecule has 1 aliphatic rings. The molecule has 0 aromatic heterocycles. The summed E-state index contributed by atoms with van der Waals surface area (Å²) >= 11 is 0. The molecular formula is C15H16N2O6. The second kappa shape index (κ2) is 6.39. The summed E-state index contributed by atoms with van der Waals surface area (Å²) in [6, 6.07) is 6.54. The minimum atomic E-state index is -1.27. The van der Waals surface area contributed by atoms with E-state index in [1.54, 1.807) is 24.3 Å². The quantitative estimate of drug-likeness (QED) is 0.499. The predicted molar refractivity (Wildman–Crippen MR) is 80.4 cm³/mol. The molecule has 8 heteroatoms. The average molecular weight is 320 g/mol. The van der Waals surface area contributed by atoms with Gasteiger partial charge in [0.05, 0.1) is 7.11 Å². The average Bonchev–Trinajstić information content (AvgIpc) is 2.46. The van der Waals surface area contributed by atoms with Gasteiger partial charge < -0.3 is 19.5 Å². The van der Waals surface area contributed by atoms with Crippen molar-refractivity contribution in [2.24, 2.45) is 0 Å². The number of methoxy groups -OCH3 is 1. The highest BCUT2D eigenvalue weighted by Crippen LogP contribution is 2.23. The summed E-state index contributed by atoms with van der Waals surface area (Å²) in [5.74, 6) is -2.79. The Bertz CT molecular complexity index is 641. The third-order valence-corrected chi connectivity index (χ3v) is 2.82. The molecule has 23 heavy (non-hydrogen) atoms. The lowest BCUT2D eigenvalue weighted by Gasteiger charge is -2.29. The number of benzene rings is 1. The van der Waals surface area contributed by atoms with Crippen molar-refractivity contribution in [1.29, 1.82) is 0 Å². The highest BCUT2D eigenvalue weighted by Gasteiger charge is 2.38. The number of hydrogen-bond acceptors (Lipinski definition) is 7. The van der Waals surface area contributed by atoms with E-state index in [0.29, 0.717) is 11.4 Å². The second-order valence-electron chi connectivity index (χ2n) is 5.08. The molecular weight excluding hydrogens is 304 g/mol. The van der Waals surface area contributed by atoms with E-state index in [-0.39, 0.29) is 5.57 Å². The smallest absolute Gasteiger partial charge is 0.411 e. The van der Waals surface area contributed by atoms with Crippen molar-refractivity contribution >= 4 is 29.4 Å². The summed E-state index contributed by atoms with van der Waals surface area (Å²) < 4.78 is 14.4. The summed E-state index contributed by atoms with van der Waals surface area (Å²) in [5.41, 5.74) is 0.896. The highest BCUT2D eigenvalue weighted by molar-refractivity contribution is 6.15. The number of esters is 2. The third kappa shape index (κ3) is 4.22. The summed E-state index contributed by atoms with van der Waals surface area (Å²) in [6.45, 7) is 2.94. The number of rotatable bonds is 3. The van der Waals surface area contributed by atoms with E-state index < -0.39 is 23.8 Å². The van der Waals surface area contributed by atoms with Crippen LogP contribution in [0.1, 0.15) is 13.8 Å². The van der Waals surface area contributed by atoms with Crippen LogP contribution in [0, 0.1) is 0 Å². The van der Waals surface area contributed by atoms with Gasteiger partial charge in [-0.3, -0.25) is 5.32 Å². The molecule has 0 aliphatic carbocycles. The lowest BCUT2D eigenvalue weighted by atomic mass is 10.2. The Morgan fingerprint density at radius 1 is 1.09 bits per heavy atom. The zero-order chi connectivity index (χ0) is 17.0. The molecule has 0 bridgehead atoms. The van der Waals surface area contributed by atoms with Crippen LogP contribution in [-0.2, 0) is 23.8 Å². The minimum absolute atomic E-state index is 0.235. The van der Waals surface area contributed by atoms with Crippen molar-refractivity contribution in [3.63, 3.8) is 0 Å². The number of ether oxygens (including phenoxy) is 3. The number of amides is 1. The summed E-state index contributed by atoms with van der Waals surface area (Å²) in [6.07, 6.45) is 0.631. The van der Waals surface area contributed by atoms with Gasteiger partial charge in [0.15, 0.2) is 5.57 Å². The van der Waals surface area contributed by atoms with Gasteiger partial charge in [-0.25, -0.2) is 14.4 Å². The lowest BCUT2D eigenvalue weighted by Crippen LogP contribution is -2.42. The van der Waals surface area contributed by atoms with Crippen LogP contribution in [-0.4, -0.2) is 30.9 Å². The van der Waals surface area contributed by atoms with E-state index in [0.717, 1.165) is 0 Å². The maximum Gasteiger partial charge on any atom is 0.411 e. The second-order valence-corrected chi connectivity index (χ2v) is 5.08. The first-order valence-electron chi connectivity index (χ1n) is 6.69. The summed E-state index contributed by atoms with van der Waals surface area (Å²) in [5, 5.41) is 5.28. The first-order valence-corrected chi connectivity index (χ1v) is 6.69. The van der Waals surface area contributed by atoms with E-state index in [1.165, 1.54) is 27.2 Å². The van der Waals surface area contributed by atoms with Gasteiger partial charge in [0.1, 0.15) is 0 Å². The Morgan fingerprint density at radius 3 is 2.13 bits per heavy atom. The van der Waals surface area contributed by atoms with Gasteiger partial charge in [0, 0.05) is 31.4 Å². The molecule has 0 unspecified atom stereocenters. The minimum Gasteiger partial charge on any atom is -0.453 e.